The number of fused-ring (bicyclic) bond motifs is 2. The first-order chi connectivity index (χ1) is 12.9. The molecule has 0 aromatic heterocycles. The minimum atomic E-state index is -0.660. The highest BCUT2D eigenvalue weighted by atomic mass is 35.5. The average Bonchev–Trinajstić information content (AvgIpc) is 2.63. The molecule has 2 heterocycles. The van der Waals surface area contributed by atoms with Crippen LogP contribution >= 0.6 is 11.6 Å². The lowest BCUT2D eigenvalue weighted by molar-refractivity contribution is 0.289. The molecule has 1 N–H and O–H groups in total. The van der Waals surface area contributed by atoms with E-state index >= 15 is 0 Å². The Labute approximate surface area is 162 Å². The van der Waals surface area contributed by atoms with Crippen molar-refractivity contribution in [3.05, 3.63) is 44.1 Å². The van der Waals surface area contributed by atoms with Gasteiger partial charge in [0.25, 0.3) is 5.56 Å². The Morgan fingerprint density at radius 2 is 1.96 bits per heavy atom. The number of nitrogens with one attached hydrogen (secondary N) is 1. The predicted molar refractivity (Wildman–Crippen MR) is 108 cm³/mol. The Hall–Kier alpha value is -2.25. The van der Waals surface area contributed by atoms with Crippen LogP contribution in [0.1, 0.15) is 39.7 Å². The summed E-state index contributed by atoms with van der Waals surface area (Å²) in [6.07, 6.45) is 1.89. The molecule has 0 unspecified atom stereocenters. The molecule has 0 amide bonds. The van der Waals surface area contributed by atoms with E-state index in [1.54, 1.807) is 12.1 Å². The molecule has 0 saturated heterocycles. The van der Waals surface area contributed by atoms with Crippen molar-refractivity contribution in [1.82, 2.24) is 24.4 Å². The Bertz CT molecular complexity index is 1020. The minimum Gasteiger partial charge on any atom is -0.319 e. The highest BCUT2D eigenvalue weighted by Gasteiger charge is 2.21. The van der Waals surface area contributed by atoms with Crippen molar-refractivity contribution in [1.29, 1.82) is 0 Å². The molecule has 1 aromatic carbocycles. The zero-order chi connectivity index (χ0) is 19.6. The van der Waals surface area contributed by atoms with Crippen molar-refractivity contribution in [3.63, 3.8) is 0 Å². The summed E-state index contributed by atoms with van der Waals surface area (Å²) in [4.78, 5) is 37.1. The monoisotopic (exact) mass is 389 g/mol. The SMILES string of the molecule is CCN(CC)CCC[C@@H](C)n1c2nc(=O)[nH]c(=O)c-2nc2cc(Cl)ccc21. The first kappa shape index (κ1) is 19.5. The lowest BCUT2D eigenvalue weighted by Gasteiger charge is -2.24. The van der Waals surface area contributed by atoms with E-state index in [0.29, 0.717) is 16.4 Å². The van der Waals surface area contributed by atoms with Gasteiger partial charge in [-0.05, 0) is 57.6 Å². The molecule has 0 radical (unpaired) electrons. The van der Waals surface area contributed by atoms with Crippen LogP contribution < -0.4 is 11.2 Å². The van der Waals surface area contributed by atoms with Gasteiger partial charge in [0.15, 0.2) is 11.5 Å². The van der Waals surface area contributed by atoms with Crippen LogP contribution in [-0.4, -0.2) is 44.1 Å². The van der Waals surface area contributed by atoms with Gasteiger partial charge in [-0.15, -0.1) is 0 Å². The number of hydrogen-bond acceptors (Lipinski definition) is 5. The van der Waals surface area contributed by atoms with Gasteiger partial charge in [-0.25, -0.2) is 9.78 Å². The molecule has 1 atom stereocenters. The third kappa shape index (κ3) is 4.04. The van der Waals surface area contributed by atoms with Crippen molar-refractivity contribution in [3.8, 4) is 11.5 Å². The zero-order valence-electron chi connectivity index (χ0n) is 15.8. The summed E-state index contributed by atoms with van der Waals surface area (Å²) < 4.78 is 1.94. The third-order valence-corrected chi connectivity index (χ3v) is 5.18. The van der Waals surface area contributed by atoms with Crippen molar-refractivity contribution in [2.24, 2.45) is 0 Å². The van der Waals surface area contributed by atoms with Crippen LogP contribution in [0.2, 0.25) is 5.02 Å². The maximum Gasteiger partial charge on any atom is 0.349 e. The molecular weight excluding hydrogens is 366 g/mol. The van der Waals surface area contributed by atoms with E-state index < -0.39 is 11.2 Å². The second-order valence-corrected chi connectivity index (χ2v) is 7.11. The molecule has 3 rings (SSSR count). The van der Waals surface area contributed by atoms with Gasteiger partial charge in [-0.3, -0.25) is 9.78 Å². The summed E-state index contributed by atoms with van der Waals surface area (Å²) >= 11 is 6.11. The van der Waals surface area contributed by atoms with Gasteiger partial charge in [0.05, 0.1) is 11.0 Å². The van der Waals surface area contributed by atoms with Gasteiger partial charge in [0, 0.05) is 11.1 Å². The molecule has 1 aromatic rings. The molecule has 8 heteroatoms. The molecule has 0 fully saturated rings. The Kier molecular flexibility index (Phi) is 5.92. The summed E-state index contributed by atoms with van der Waals surface area (Å²) in [6, 6.07) is 5.41. The van der Waals surface area contributed by atoms with Crippen molar-refractivity contribution in [2.75, 3.05) is 19.6 Å². The molecule has 0 aliphatic carbocycles. The normalized spacial score (nSPS) is 12.9. The van der Waals surface area contributed by atoms with E-state index in [2.05, 4.69) is 40.6 Å². The van der Waals surface area contributed by atoms with Crippen LogP contribution in [0.5, 0.6) is 0 Å². The molecule has 7 nitrogen and oxygen atoms in total. The lowest BCUT2D eigenvalue weighted by Crippen LogP contribution is -2.30. The molecule has 0 saturated carbocycles. The fourth-order valence-electron chi connectivity index (χ4n) is 3.45. The van der Waals surface area contributed by atoms with Gasteiger partial charge < -0.3 is 9.47 Å². The quantitative estimate of drug-likeness (QED) is 0.628. The highest BCUT2D eigenvalue weighted by molar-refractivity contribution is 6.31. The topological polar surface area (TPSA) is 83.9 Å². The van der Waals surface area contributed by atoms with Crippen LogP contribution in [0.3, 0.4) is 0 Å². The van der Waals surface area contributed by atoms with Gasteiger partial charge in [0.1, 0.15) is 0 Å². The lowest BCUT2D eigenvalue weighted by atomic mass is 10.1. The number of hydrogen-bond donors (Lipinski definition) is 1. The number of nitrogens with zero attached hydrogens (tertiary/aromatic N) is 4. The van der Waals surface area contributed by atoms with Crippen molar-refractivity contribution < 1.29 is 0 Å². The third-order valence-electron chi connectivity index (χ3n) is 4.94. The molecule has 0 bridgehead atoms. The van der Waals surface area contributed by atoms with E-state index in [-0.39, 0.29) is 11.7 Å². The molecule has 2 aliphatic rings. The number of H-pyrrole nitrogens is 1. The number of aromatic nitrogens is 4. The summed E-state index contributed by atoms with van der Waals surface area (Å²) in [6.45, 7) is 9.43. The van der Waals surface area contributed by atoms with Crippen LogP contribution in [0.4, 0.5) is 0 Å². The maximum atomic E-state index is 12.3. The van der Waals surface area contributed by atoms with E-state index in [4.69, 9.17) is 11.6 Å². The Morgan fingerprint density at radius 1 is 1.22 bits per heavy atom. The van der Waals surface area contributed by atoms with Crippen LogP contribution in [0.15, 0.2) is 27.8 Å². The maximum absolute atomic E-state index is 12.3. The summed E-state index contributed by atoms with van der Waals surface area (Å²) in [5.74, 6) is 0.314. The largest absolute Gasteiger partial charge is 0.349 e. The smallest absolute Gasteiger partial charge is 0.319 e. The van der Waals surface area contributed by atoms with Gasteiger partial charge >= 0.3 is 5.69 Å². The standard InChI is InChI=1S/C19H24ClN5O2/c1-4-24(5-2)10-6-7-12(3)25-15-9-8-13(20)11-14(15)21-16-17(25)22-19(27)23-18(16)26/h8-9,11-12H,4-7,10H2,1-3H3,(H,23,26,27)/t12-/m1/s1. The van der Waals surface area contributed by atoms with E-state index in [1.807, 2.05) is 10.6 Å². The average molecular weight is 390 g/mol. The Morgan fingerprint density at radius 3 is 2.67 bits per heavy atom. The zero-order valence-corrected chi connectivity index (χ0v) is 16.6. The molecular formula is C19H24ClN5O2. The molecule has 144 valence electrons. The van der Waals surface area contributed by atoms with Gasteiger partial charge in [-0.2, -0.15) is 4.98 Å². The fraction of sp³-hybridized carbons (Fsp3) is 0.474. The fourth-order valence-corrected chi connectivity index (χ4v) is 3.62. The predicted octanol–water partition coefficient (Wildman–Crippen LogP) is 2.92. The first-order valence-corrected chi connectivity index (χ1v) is 9.66. The molecule has 0 spiro atoms. The number of aromatic amines is 1. The van der Waals surface area contributed by atoms with Gasteiger partial charge in [-0.1, -0.05) is 25.4 Å². The number of benzene rings is 1. The summed E-state index contributed by atoms with van der Waals surface area (Å²) in [5.41, 5.74) is 0.374. The van der Waals surface area contributed by atoms with E-state index in [9.17, 15) is 9.59 Å². The molecule has 27 heavy (non-hydrogen) atoms. The second-order valence-electron chi connectivity index (χ2n) is 6.68. The van der Waals surface area contributed by atoms with Gasteiger partial charge in [0.2, 0.25) is 0 Å². The summed E-state index contributed by atoms with van der Waals surface area (Å²) in [5, 5.41) is 0.542. The minimum absolute atomic E-state index is 0.0448. The number of rotatable bonds is 7. The first-order valence-electron chi connectivity index (χ1n) is 9.28. The number of halogens is 1. The van der Waals surface area contributed by atoms with E-state index in [1.165, 1.54) is 0 Å². The second kappa shape index (κ2) is 8.19. The van der Waals surface area contributed by atoms with Crippen molar-refractivity contribution in [2.45, 2.75) is 39.7 Å². The van der Waals surface area contributed by atoms with Crippen LogP contribution in [0.25, 0.3) is 22.6 Å². The van der Waals surface area contributed by atoms with E-state index in [0.717, 1.165) is 38.0 Å². The van der Waals surface area contributed by atoms with Crippen LogP contribution in [0, 0.1) is 0 Å². The Balaban J connectivity index is 2.08. The molecule has 2 aliphatic heterocycles. The van der Waals surface area contributed by atoms with Crippen molar-refractivity contribution >= 4 is 22.6 Å². The van der Waals surface area contributed by atoms with Crippen LogP contribution in [-0.2, 0) is 0 Å². The summed E-state index contributed by atoms with van der Waals surface area (Å²) in [7, 11) is 0. The highest BCUT2D eigenvalue weighted by Crippen LogP contribution is 2.28.